The van der Waals surface area contributed by atoms with Gasteiger partial charge in [0.25, 0.3) is 0 Å². The zero-order valence-corrected chi connectivity index (χ0v) is 13.5. The van der Waals surface area contributed by atoms with E-state index in [-0.39, 0.29) is 0 Å². The van der Waals surface area contributed by atoms with Gasteiger partial charge in [0.1, 0.15) is 0 Å². The van der Waals surface area contributed by atoms with Crippen molar-refractivity contribution in [3.05, 3.63) is 59.7 Å². The molecule has 0 atom stereocenters. The topological polar surface area (TPSA) is 44.8 Å². The number of ether oxygens (including phenoxy) is 3. The lowest BCUT2D eigenvalue weighted by Crippen LogP contribution is -2.06. The number of carbonyl (C=O) groups excluding carboxylic acids is 1. The van der Waals surface area contributed by atoms with E-state index < -0.39 is 5.97 Å². The SMILES string of the molecule is COc1ccc(C/C=C/c2ccccc2)c(OC)c1OC(C)=O. The Morgan fingerprint density at radius 3 is 2.35 bits per heavy atom. The third-order valence-electron chi connectivity index (χ3n) is 3.28. The summed E-state index contributed by atoms with van der Waals surface area (Å²) in [5.74, 6) is 0.872. The highest BCUT2D eigenvalue weighted by atomic mass is 16.6. The van der Waals surface area contributed by atoms with Crippen LogP contribution in [0.25, 0.3) is 6.08 Å². The Bertz CT molecular complexity index is 690. The highest BCUT2D eigenvalue weighted by molar-refractivity contribution is 5.73. The molecule has 120 valence electrons. The normalized spacial score (nSPS) is 10.6. The van der Waals surface area contributed by atoms with Crippen molar-refractivity contribution in [2.24, 2.45) is 0 Å². The van der Waals surface area contributed by atoms with E-state index in [0.29, 0.717) is 23.7 Å². The molecule has 0 bridgehead atoms. The van der Waals surface area contributed by atoms with Crippen LogP contribution in [0.3, 0.4) is 0 Å². The van der Waals surface area contributed by atoms with E-state index in [4.69, 9.17) is 14.2 Å². The third-order valence-corrected chi connectivity index (χ3v) is 3.28. The lowest BCUT2D eigenvalue weighted by molar-refractivity contribution is -0.132. The van der Waals surface area contributed by atoms with Gasteiger partial charge in [-0.3, -0.25) is 4.79 Å². The average Bonchev–Trinajstić information content (AvgIpc) is 2.55. The predicted octanol–water partition coefficient (Wildman–Crippen LogP) is 3.89. The highest BCUT2D eigenvalue weighted by Gasteiger charge is 2.17. The van der Waals surface area contributed by atoms with E-state index in [0.717, 1.165) is 11.1 Å². The van der Waals surface area contributed by atoms with Crippen molar-refractivity contribution in [1.82, 2.24) is 0 Å². The number of carbonyl (C=O) groups is 1. The summed E-state index contributed by atoms with van der Waals surface area (Å²) in [4.78, 5) is 11.3. The third kappa shape index (κ3) is 4.36. The van der Waals surface area contributed by atoms with Crippen LogP contribution < -0.4 is 14.2 Å². The summed E-state index contributed by atoms with van der Waals surface area (Å²) in [6, 6.07) is 13.7. The smallest absolute Gasteiger partial charge is 0.308 e. The summed E-state index contributed by atoms with van der Waals surface area (Å²) in [6.07, 6.45) is 4.72. The first kappa shape index (κ1) is 16.6. The van der Waals surface area contributed by atoms with Gasteiger partial charge in [-0.25, -0.2) is 0 Å². The predicted molar refractivity (Wildman–Crippen MR) is 90.0 cm³/mol. The van der Waals surface area contributed by atoms with Crippen LogP contribution in [0.5, 0.6) is 17.2 Å². The number of benzene rings is 2. The van der Waals surface area contributed by atoms with Gasteiger partial charge in [0, 0.05) is 12.5 Å². The standard InChI is InChI=1S/C19H20O4/c1-14(20)23-19-17(21-2)13-12-16(18(19)22-3)11-7-10-15-8-5-4-6-9-15/h4-10,12-13H,11H2,1-3H3/b10-7+. The van der Waals surface area contributed by atoms with Gasteiger partial charge in [-0.05, 0) is 18.1 Å². The number of esters is 1. The van der Waals surface area contributed by atoms with Crippen LogP contribution in [0.15, 0.2) is 48.5 Å². The van der Waals surface area contributed by atoms with E-state index in [1.165, 1.54) is 14.0 Å². The Morgan fingerprint density at radius 1 is 1.00 bits per heavy atom. The number of hydrogen-bond donors (Lipinski definition) is 0. The molecule has 0 radical (unpaired) electrons. The quantitative estimate of drug-likeness (QED) is 0.600. The van der Waals surface area contributed by atoms with Crippen LogP contribution in [0, 0.1) is 0 Å². The lowest BCUT2D eigenvalue weighted by Gasteiger charge is -2.15. The van der Waals surface area contributed by atoms with Crippen LogP contribution >= 0.6 is 0 Å². The largest absolute Gasteiger partial charge is 0.493 e. The summed E-state index contributed by atoms with van der Waals surface area (Å²) in [5, 5.41) is 0. The Labute approximate surface area is 136 Å². The van der Waals surface area contributed by atoms with E-state index in [1.54, 1.807) is 13.2 Å². The molecule has 0 saturated heterocycles. The first-order chi connectivity index (χ1) is 11.2. The van der Waals surface area contributed by atoms with Crippen LogP contribution in [-0.2, 0) is 11.2 Å². The molecular formula is C19H20O4. The Morgan fingerprint density at radius 2 is 1.74 bits per heavy atom. The van der Waals surface area contributed by atoms with Crippen LogP contribution in [0.1, 0.15) is 18.1 Å². The number of allylic oxidation sites excluding steroid dienone is 1. The molecule has 0 amide bonds. The fourth-order valence-corrected chi connectivity index (χ4v) is 2.26. The first-order valence-electron chi connectivity index (χ1n) is 7.29. The molecule has 2 aromatic carbocycles. The molecule has 2 aromatic rings. The zero-order valence-electron chi connectivity index (χ0n) is 13.5. The zero-order chi connectivity index (χ0) is 16.7. The maximum atomic E-state index is 11.3. The monoisotopic (exact) mass is 312 g/mol. The molecule has 0 aliphatic rings. The minimum absolute atomic E-state index is 0.313. The second kappa shape index (κ2) is 8.03. The summed E-state index contributed by atoms with van der Waals surface area (Å²) in [5.41, 5.74) is 2.04. The van der Waals surface area contributed by atoms with Gasteiger partial charge in [-0.1, -0.05) is 48.6 Å². The number of methoxy groups -OCH3 is 2. The molecule has 4 nitrogen and oxygen atoms in total. The van der Waals surface area contributed by atoms with E-state index in [1.807, 2.05) is 48.6 Å². The molecule has 2 rings (SSSR count). The molecule has 0 aliphatic carbocycles. The van der Waals surface area contributed by atoms with Crippen molar-refractivity contribution >= 4 is 12.0 Å². The fraction of sp³-hybridized carbons (Fsp3) is 0.211. The summed E-state index contributed by atoms with van der Waals surface area (Å²) < 4.78 is 15.9. The van der Waals surface area contributed by atoms with E-state index in [9.17, 15) is 4.79 Å². The minimum atomic E-state index is -0.418. The van der Waals surface area contributed by atoms with Crippen molar-refractivity contribution in [3.8, 4) is 17.2 Å². The van der Waals surface area contributed by atoms with Crippen molar-refractivity contribution in [2.75, 3.05) is 14.2 Å². The highest BCUT2D eigenvalue weighted by Crippen LogP contribution is 2.40. The van der Waals surface area contributed by atoms with Crippen molar-refractivity contribution in [3.63, 3.8) is 0 Å². The van der Waals surface area contributed by atoms with Gasteiger partial charge in [-0.2, -0.15) is 0 Å². The van der Waals surface area contributed by atoms with Crippen molar-refractivity contribution in [1.29, 1.82) is 0 Å². The Balaban J connectivity index is 2.27. The molecule has 0 heterocycles. The Kier molecular flexibility index (Phi) is 5.80. The minimum Gasteiger partial charge on any atom is -0.493 e. The van der Waals surface area contributed by atoms with Crippen LogP contribution in [0.4, 0.5) is 0 Å². The summed E-state index contributed by atoms with van der Waals surface area (Å²) in [7, 11) is 3.07. The molecule has 0 spiro atoms. The molecule has 4 heteroatoms. The van der Waals surface area contributed by atoms with Crippen molar-refractivity contribution in [2.45, 2.75) is 13.3 Å². The molecule has 0 fully saturated rings. The van der Waals surface area contributed by atoms with Crippen LogP contribution in [-0.4, -0.2) is 20.2 Å². The van der Waals surface area contributed by atoms with Gasteiger partial charge in [0.2, 0.25) is 5.75 Å². The molecule has 0 N–H and O–H groups in total. The first-order valence-corrected chi connectivity index (χ1v) is 7.29. The van der Waals surface area contributed by atoms with E-state index in [2.05, 4.69) is 0 Å². The molecule has 0 aromatic heterocycles. The van der Waals surface area contributed by atoms with Gasteiger partial charge in [-0.15, -0.1) is 0 Å². The maximum absolute atomic E-state index is 11.3. The summed E-state index contributed by atoms with van der Waals surface area (Å²) in [6.45, 7) is 1.35. The van der Waals surface area contributed by atoms with Gasteiger partial charge < -0.3 is 14.2 Å². The molecule has 0 aliphatic heterocycles. The van der Waals surface area contributed by atoms with Crippen LogP contribution in [0.2, 0.25) is 0 Å². The summed E-state index contributed by atoms with van der Waals surface area (Å²) >= 11 is 0. The number of rotatable bonds is 6. The van der Waals surface area contributed by atoms with Gasteiger partial charge in [0.05, 0.1) is 14.2 Å². The van der Waals surface area contributed by atoms with Gasteiger partial charge in [0.15, 0.2) is 11.5 Å². The van der Waals surface area contributed by atoms with Crippen molar-refractivity contribution < 1.29 is 19.0 Å². The van der Waals surface area contributed by atoms with Gasteiger partial charge >= 0.3 is 5.97 Å². The molecular weight excluding hydrogens is 292 g/mol. The number of hydrogen-bond acceptors (Lipinski definition) is 4. The fourth-order valence-electron chi connectivity index (χ4n) is 2.26. The molecule has 23 heavy (non-hydrogen) atoms. The second-order valence-electron chi connectivity index (χ2n) is 4.90. The molecule has 0 saturated carbocycles. The Hall–Kier alpha value is -2.75. The van der Waals surface area contributed by atoms with E-state index >= 15 is 0 Å². The molecule has 0 unspecified atom stereocenters. The second-order valence-corrected chi connectivity index (χ2v) is 4.90. The lowest BCUT2D eigenvalue weighted by atomic mass is 10.1. The maximum Gasteiger partial charge on any atom is 0.308 e. The average molecular weight is 312 g/mol.